The van der Waals surface area contributed by atoms with Crippen LogP contribution in [-0.2, 0) is 4.74 Å². The predicted molar refractivity (Wildman–Crippen MR) is 44.5 cm³/mol. The van der Waals surface area contributed by atoms with Crippen LogP contribution in [0.15, 0.2) is 0 Å². The zero-order valence-electron chi connectivity index (χ0n) is 7.47. The first-order valence-electron chi connectivity index (χ1n) is 4.45. The molecule has 0 atom stereocenters. The minimum atomic E-state index is -0.380. The molecule has 0 aromatic carbocycles. The van der Waals surface area contributed by atoms with Crippen LogP contribution in [0.1, 0.15) is 39.0 Å². The molecule has 2 heteroatoms. The van der Waals surface area contributed by atoms with Gasteiger partial charge in [0, 0.05) is 7.11 Å². The van der Waals surface area contributed by atoms with Gasteiger partial charge in [-0.3, -0.25) is 0 Å². The topological polar surface area (TPSA) is 29.5 Å². The summed E-state index contributed by atoms with van der Waals surface area (Å²) in [6.45, 7) is 2.05. The second kappa shape index (κ2) is 3.55. The molecule has 0 radical (unpaired) electrons. The minimum Gasteiger partial charge on any atom is -0.390 e. The molecule has 0 aromatic heterocycles. The van der Waals surface area contributed by atoms with Crippen molar-refractivity contribution in [3.8, 4) is 0 Å². The number of ether oxygens (including phenoxy) is 1. The van der Waals surface area contributed by atoms with E-state index in [4.69, 9.17) is 4.74 Å². The van der Waals surface area contributed by atoms with Crippen molar-refractivity contribution in [1.82, 2.24) is 0 Å². The second-order valence-electron chi connectivity index (χ2n) is 3.51. The van der Waals surface area contributed by atoms with Crippen LogP contribution in [-0.4, -0.2) is 23.9 Å². The molecule has 1 saturated carbocycles. The Balaban J connectivity index is 2.35. The summed E-state index contributed by atoms with van der Waals surface area (Å²) in [4.78, 5) is 0. The van der Waals surface area contributed by atoms with Crippen LogP contribution >= 0.6 is 0 Å². The van der Waals surface area contributed by atoms with Gasteiger partial charge in [-0.05, 0) is 32.1 Å². The van der Waals surface area contributed by atoms with Gasteiger partial charge in [0.1, 0.15) is 0 Å². The summed E-state index contributed by atoms with van der Waals surface area (Å²) in [5.41, 5.74) is -0.380. The third-order valence-corrected chi connectivity index (χ3v) is 2.85. The smallest absolute Gasteiger partial charge is 0.0647 e. The van der Waals surface area contributed by atoms with Gasteiger partial charge in [-0.25, -0.2) is 0 Å². The lowest BCUT2D eigenvalue weighted by atomic mass is 9.82. The predicted octanol–water partition coefficient (Wildman–Crippen LogP) is 1.72. The zero-order valence-corrected chi connectivity index (χ0v) is 7.47. The van der Waals surface area contributed by atoms with Crippen molar-refractivity contribution in [3.05, 3.63) is 0 Å². The molecule has 0 amide bonds. The van der Waals surface area contributed by atoms with E-state index in [1.165, 1.54) is 0 Å². The van der Waals surface area contributed by atoms with E-state index < -0.39 is 0 Å². The van der Waals surface area contributed by atoms with Gasteiger partial charge in [0.2, 0.25) is 0 Å². The highest BCUT2D eigenvalue weighted by atomic mass is 16.5. The Morgan fingerprint density at radius 2 is 2.00 bits per heavy atom. The largest absolute Gasteiger partial charge is 0.390 e. The fourth-order valence-corrected chi connectivity index (χ4v) is 1.72. The molecule has 2 nitrogen and oxygen atoms in total. The fraction of sp³-hybridized carbons (Fsp3) is 1.00. The maximum Gasteiger partial charge on any atom is 0.0647 e. The van der Waals surface area contributed by atoms with E-state index in [0.29, 0.717) is 6.10 Å². The first-order chi connectivity index (χ1) is 5.20. The van der Waals surface area contributed by atoms with Crippen molar-refractivity contribution >= 4 is 0 Å². The first-order valence-corrected chi connectivity index (χ1v) is 4.45. The van der Waals surface area contributed by atoms with Crippen molar-refractivity contribution in [2.75, 3.05) is 7.11 Å². The summed E-state index contributed by atoms with van der Waals surface area (Å²) < 4.78 is 5.22. The monoisotopic (exact) mass is 158 g/mol. The van der Waals surface area contributed by atoms with E-state index in [1.807, 2.05) is 6.92 Å². The highest BCUT2D eigenvalue weighted by Crippen LogP contribution is 2.31. The van der Waals surface area contributed by atoms with Crippen LogP contribution < -0.4 is 0 Å². The molecule has 1 fully saturated rings. The van der Waals surface area contributed by atoms with Crippen molar-refractivity contribution in [2.24, 2.45) is 0 Å². The summed E-state index contributed by atoms with van der Waals surface area (Å²) >= 11 is 0. The number of hydrogen-bond donors (Lipinski definition) is 1. The molecule has 11 heavy (non-hydrogen) atoms. The Bertz CT molecular complexity index is 115. The number of rotatable bonds is 2. The molecule has 0 bridgehead atoms. The number of methoxy groups -OCH3 is 1. The normalized spacial score (nSPS) is 39.0. The average Bonchev–Trinajstić information content (AvgIpc) is 2.06. The molecule has 1 aliphatic rings. The Morgan fingerprint density at radius 1 is 1.45 bits per heavy atom. The Morgan fingerprint density at radius 3 is 2.36 bits per heavy atom. The maximum atomic E-state index is 9.84. The molecule has 66 valence electrons. The standard InChI is InChI=1S/C9H18O2/c1-3-9(10)6-4-8(11-2)5-7-9/h8,10H,3-7H2,1-2H3. The lowest BCUT2D eigenvalue weighted by Crippen LogP contribution is -2.35. The molecule has 0 saturated heterocycles. The quantitative estimate of drug-likeness (QED) is 0.663. The van der Waals surface area contributed by atoms with Gasteiger partial charge in [0.25, 0.3) is 0 Å². The van der Waals surface area contributed by atoms with Crippen molar-refractivity contribution in [1.29, 1.82) is 0 Å². The third kappa shape index (κ3) is 2.17. The van der Waals surface area contributed by atoms with Crippen LogP contribution in [0.4, 0.5) is 0 Å². The number of hydrogen-bond acceptors (Lipinski definition) is 2. The van der Waals surface area contributed by atoms with Gasteiger partial charge in [-0.2, -0.15) is 0 Å². The van der Waals surface area contributed by atoms with E-state index in [1.54, 1.807) is 7.11 Å². The Hall–Kier alpha value is -0.0800. The molecular weight excluding hydrogens is 140 g/mol. The van der Waals surface area contributed by atoms with Crippen molar-refractivity contribution in [3.63, 3.8) is 0 Å². The SMILES string of the molecule is CCC1(O)CCC(OC)CC1. The molecule has 0 aromatic rings. The van der Waals surface area contributed by atoms with Crippen LogP contribution in [0.2, 0.25) is 0 Å². The fourth-order valence-electron chi connectivity index (χ4n) is 1.72. The summed E-state index contributed by atoms with van der Waals surface area (Å²) in [7, 11) is 1.75. The van der Waals surface area contributed by atoms with E-state index in [9.17, 15) is 5.11 Å². The lowest BCUT2D eigenvalue weighted by molar-refractivity contribution is -0.0452. The molecule has 1 aliphatic carbocycles. The molecule has 1 N–H and O–H groups in total. The second-order valence-corrected chi connectivity index (χ2v) is 3.51. The van der Waals surface area contributed by atoms with Gasteiger partial charge < -0.3 is 9.84 Å². The third-order valence-electron chi connectivity index (χ3n) is 2.85. The molecule has 0 aliphatic heterocycles. The molecule has 0 unspecified atom stereocenters. The minimum absolute atomic E-state index is 0.380. The Labute approximate surface area is 68.6 Å². The van der Waals surface area contributed by atoms with Crippen LogP contribution in [0.25, 0.3) is 0 Å². The van der Waals surface area contributed by atoms with Crippen molar-refractivity contribution in [2.45, 2.75) is 50.7 Å². The highest BCUT2D eigenvalue weighted by molar-refractivity contribution is 4.84. The maximum absolute atomic E-state index is 9.84. The van der Waals surface area contributed by atoms with Gasteiger partial charge in [0.15, 0.2) is 0 Å². The van der Waals surface area contributed by atoms with Gasteiger partial charge in [-0.1, -0.05) is 6.92 Å². The summed E-state index contributed by atoms with van der Waals surface area (Å²) in [6.07, 6.45) is 5.11. The van der Waals surface area contributed by atoms with Gasteiger partial charge in [0.05, 0.1) is 11.7 Å². The zero-order chi connectivity index (χ0) is 8.32. The molecule has 0 heterocycles. The van der Waals surface area contributed by atoms with Crippen LogP contribution in [0.3, 0.4) is 0 Å². The lowest BCUT2D eigenvalue weighted by Gasteiger charge is -2.34. The summed E-state index contributed by atoms with van der Waals surface area (Å²) in [6, 6.07) is 0. The van der Waals surface area contributed by atoms with Gasteiger partial charge in [-0.15, -0.1) is 0 Å². The highest BCUT2D eigenvalue weighted by Gasteiger charge is 2.31. The Kier molecular flexibility index (Phi) is 2.90. The van der Waals surface area contributed by atoms with Gasteiger partial charge >= 0.3 is 0 Å². The summed E-state index contributed by atoms with van der Waals surface area (Å²) in [5, 5.41) is 9.84. The van der Waals surface area contributed by atoms with E-state index in [0.717, 1.165) is 32.1 Å². The summed E-state index contributed by atoms with van der Waals surface area (Å²) in [5.74, 6) is 0. The van der Waals surface area contributed by atoms with Crippen LogP contribution in [0.5, 0.6) is 0 Å². The molecule has 0 spiro atoms. The first kappa shape index (κ1) is 9.01. The molecular formula is C9H18O2. The van der Waals surface area contributed by atoms with Crippen LogP contribution in [0, 0.1) is 0 Å². The molecule has 1 rings (SSSR count). The van der Waals surface area contributed by atoms with E-state index >= 15 is 0 Å². The van der Waals surface area contributed by atoms with E-state index in [2.05, 4.69) is 0 Å². The average molecular weight is 158 g/mol. The van der Waals surface area contributed by atoms with Crippen molar-refractivity contribution < 1.29 is 9.84 Å². The number of aliphatic hydroxyl groups is 1. The van der Waals surface area contributed by atoms with E-state index in [-0.39, 0.29) is 5.60 Å².